The van der Waals surface area contributed by atoms with Crippen molar-refractivity contribution in [1.29, 1.82) is 0 Å². The molecule has 0 bridgehead atoms. The number of unbranched alkanes of at least 4 members (excludes halogenated alkanes) is 19. The molecule has 12 nitrogen and oxygen atoms in total. The van der Waals surface area contributed by atoms with Gasteiger partial charge in [0.15, 0.2) is 24.6 Å². The van der Waals surface area contributed by atoms with Crippen molar-refractivity contribution in [3.05, 3.63) is 85.1 Å². The molecule has 0 aromatic carbocycles. The fraction of sp³-hybridized carbons (Fsp3) is 0.705. The maximum absolute atomic E-state index is 13.1. The first-order chi connectivity index (χ1) is 35.6. The Hall–Kier alpha value is -4.10. The van der Waals surface area contributed by atoms with Gasteiger partial charge < -0.3 is 39.0 Å². The van der Waals surface area contributed by atoms with E-state index in [1.54, 1.807) is 0 Å². The summed E-state index contributed by atoms with van der Waals surface area (Å²) >= 11 is 0. The number of carbonyl (C=O) groups excluding carboxylic acids is 3. The number of carboxylic acid groups (broad SMARTS) is 1. The quantitative estimate of drug-likeness (QED) is 0.0228. The van der Waals surface area contributed by atoms with Crippen molar-refractivity contribution in [1.82, 2.24) is 0 Å². The van der Waals surface area contributed by atoms with Crippen LogP contribution in [-0.2, 0) is 42.9 Å². The molecule has 0 radical (unpaired) electrons. The maximum atomic E-state index is 13.1. The molecule has 1 rings (SSSR count). The van der Waals surface area contributed by atoms with Crippen molar-refractivity contribution in [2.75, 3.05) is 13.2 Å². The molecule has 1 fully saturated rings. The molecule has 0 spiro atoms. The smallest absolute Gasteiger partial charge is 0.335 e. The first-order valence-electron chi connectivity index (χ1n) is 28.6. The average molecular weight is 1030 g/mol. The van der Waals surface area contributed by atoms with Gasteiger partial charge in [0.1, 0.15) is 18.8 Å². The monoisotopic (exact) mass is 1020 g/mol. The first kappa shape index (κ1) is 66.9. The zero-order valence-electron chi connectivity index (χ0n) is 45.6. The van der Waals surface area contributed by atoms with Gasteiger partial charge in [-0.25, -0.2) is 4.79 Å². The highest BCUT2D eigenvalue weighted by atomic mass is 16.7. The Bertz CT molecular complexity index is 1590. The number of carbonyl (C=O) groups is 4. The lowest BCUT2D eigenvalue weighted by molar-refractivity contribution is -0.301. The van der Waals surface area contributed by atoms with E-state index in [1.807, 2.05) is 0 Å². The van der Waals surface area contributed by atoms with Gasteiger partial charge in [-0.05, 0) is 109 Å². The van der Waals surface area contributed by atoms with Crippen LogP contribution in [0.1, 0.15) is 226 Å². The van der Waals surface area contributed by atoms with E-state index >= 15 is 0 Å². The Balaban J connectivity index is 2.75. The molecule has 6 atom stereocenters. The van der Waals surface area contributed by atoms with Crippen molar-refractivity contribution >= 4 is 23.9 Å². The van der Waals surface area contributed by atoms with Gasteiger partial charge >= 0.3 is 23.9 Å². The molecule has 0 amide bonds. The highest BCUT2D eigenvalue weighted by Crippen LogP contribution is 2.26. The number of esters is 3. The van der Waals surface area contributed by atoms with Gasteiger partial charge in [0.25, 0.3) is 0 Å². The van der Waals surface area contributed by atoms with E-state index < -0.39 is 67.3 Å². The van der Waals surface area contributed by atoms with Gasteiger partial charge in [-0.1, -0.05) is 183 Å². The lowest BCUT2D eigenvalue weighted by Gasteiger charge is -2.40. The maximum Gasteiger partial charge on any atom is 0.335 e. The molecule has 1 aliphatic heterocycles. The average Bonchev–Trinajstić information content (AvgIpc) is 3.37. The number of allylic oxidation sites excluding steroid dienone is 14. The highest BCUT2D eigenvalue weighted by molar-refractivity contribution is 5.74. The van der Waals surface area contributed by atoms with Gasteiger partial charge in [0.05, 0.1) is 6.61 Å². The Kier molecular flexibility index (Phi) is 44.7. The first-order valence-corrected chi connectivity index (χ1v) is 28.6. The Labute approximate surface area is 441 Å². The number of carboxylic acids is 1. The van der Waals surface area contributed by atoms with E-state index in [0.29, 0.717) is 25.7 Å². The van der Waals surface area contributed by atoms with E-state index in [-0.39, 0.29) is 25.9 Å². The fourth-order valence-corrected chi connectivity index (χ4v) is 8.04. The van der Waals surface area contributed by atoms with Crippen molar-refractivity contribution < 1.29 is 58.2 Å². The molecule has 6 unspecified atom stereocenters. The van der Waals surface area contributed by atoms with Crippen LogP contribution in [-0.4, -0.2) is 89.2 Å². The summed E-state index contributed by atoms with van der Waals surface area (Å²) < 4.78 is 28.3. The van der Waals surface area contributed by atoms with E-state index in [0.717, 1.165) is 122 Å². The minimum absolute atomic E-state index is 0.00284. The molecular weight excluding hydrogens is 925 g/mol. The van der Waals surface area contributed by atoms with Crippen LogP contribution in [0.25, 0.3) is 0 Å². The minimum atomic E-state index is -1.92. The summed E-state index contributed by atoms with van der Waals surface area (Å²) in [7, 11) is 0. The molecule has 3 N–H and O–H groups in total. The molecular formula is C61H100O12. The topological polar surface area (TPSA) is 175 Å². The van der Waals surface area contributed by atoms with Crippen LogP contribution in [0.2, 0.25) is 0 Å². The molecule has 73 heavy (non-hydrogen) atoms. The molecule has 1 aliphatic rings. The molecule has 1 heterocycles. The summed E-state index contributed by atoms with van der Waals surface area (Å²) in [4.78, 5) is 51.0. The van der Waals surface area contributed by atoms with E-state index in [9.17, 15) is 34.5 Å². The van der Waals surface area contributed by atoms with Crippen molar-refractivity contribution in [3.8, 4) is 0 Å². The molecule has 416 valence electrons. The zero-order valence-corrected chi connectivity index (χ0v) is 45.6. The summed E-state index contributed by atoms with van der Waals surface area (Å²) in [5, 5.41) is 31.4. The van der Waals surface area contributed by atoms with Gasteiger partial charge in [0.2, 0.25) is 0 Å². The number of aliphatic carboxylic acids is 1. The predicted octanol–water partition coefficient (Wildman–Crippen LogP) is 14.3. The second kappa shape index (κ2) is 48.8. The molecule has 0 aliphatic carbocycles. The van der Waals surface area contributed by atoms with E-state index in [2.05, 4.69) is 106 Å². The van der Waals surface area contributed by atoms with E-state index in [1.165, 1.54) is 38.5 Å². The van der Waals surface area contributed by atoms with Crippen LogP contribution >= 0.6 is 0 Å². The summed E-state index contributed by atoms with van der Waals surface area (Å²) in [5.41, 5.74) is 0. The number of hydrogen-bond acceptors (Lipinski definition) is 11. The lowest BCUT2D eigenvalue weighted by atomic mass is 9.98. The number of aliphatic hydroxyl groups is 2. The molecule has 0 saturated carbocycles. The van der Waals surface area contributed by atoms with Crippen LogP contribution < -0.4 is 0 Å². The van der Waals surface area contributed by atoms with Crippen molar-refractivity contribution in [2.45, 2.75) is 263 Å². The minimum Gasteiger partial charge on any atom is -0.479 e. The normalized spacial score (nSPS) is 18.9. The van der Waals surface area contributed by atoms with Crippen LogP contribution in [0.5, 0.6) is 0 Å². The van der Waals surface area contributed by atoms with Crippen molar-refractivity contribution in [3.63, 3.8) is 0 Å². The number of aliphatic hydroxyl groups excluding tert-OH is 2. The second-order valence-electron chi connectivity index (χ2n) is 19.2. The Morgan fingerprint density at radius 3 is 1.41 bits per heavy atom. The van der Waals surface area contributed by atoms with Crippen LogP contribution in [0, 0.1) is 0 Å². The number of ether oxygens (including phenoxy) is 5. The van der Waals surface area contributed by atoms with E-state index in [4.69, 9.17) is 23.7 Å². The fourth-order valence-electron chi connectivity index (χ4n) is 8.04. The Morgan fingerprint density at radius 2 is 0.890 bits per heavy atom. The van der Waals surface area contributed by atoms with Gasteiger partial charge in [-0.15, -0.1) is 0 Å². The zero-order chi connectivity index (χ0) is 53.3. The summed E-state index contributed by atoms with van der Waals surface area (Å²) in [6.07, 6.45) is 49.9. The number of rotatable bonds is 47. The SMILES string of the molecule is CC/C=C\C/C=C\C/C=C\C/C=C\CCCCC(=O)OC1C(OCC(COC(=O)CCCCCCC/C=C\CCCCCCCC)OC(=O)CCCCCCC/C=C\C/C=C\CCC)OC(C(=O)O)C(O)C1O. The highest BCUT2D eigenvalue weighted by Gasteiger charge is 2.50. The molecule has 1 saturated heterocycles. The summed E-state index contributed by atoms with van der Waals surface area (Å²) in [5.74, 6) is -3.21. The Morgan fingerprint density at radius 1 is 0.466 bits per heavy atom. The summed E-state index contributed by atoms with van der Waals surface area (Å²) in [6, 6.07) is 0. The molecule has 0 aromatic heterocycles. The second-order valence-corrected chi connectivity index (χ2v) is 19.2. The third kappa shape index (κ3) is 39.0. The lowest BCUT2D eigenvalue weighted by Crippen LogP contribution is -2.61. The molecule has 0 aromatic rings. The van der Waals surface area contributed by atoms with Gasteiger partial charge in [-0.2, -0.15) is 0 Å². The third-order valence-electron chi connectivity index (χ3n) is 12.4. The molecule has 12 heteroatoms. The van der Waals surface area contributed by atoms with Gasteiger partial charge in [0, 0.05) is 19.3 Å². The van der Waals surface area contributed by atoms with Crippen LogP contribution in [0.4, 0.5) is 0 Å². The van der Waals surface area contributed by atoms with Crippen LogP contribution in [0.3, 0.4) is 0 Å². The van der Waals surface area contributed by atoms with Crippen LogP contribution in [0.15, 0.2) is 85.1 Å². The standard InChI is InChI=1S/C61H100O12/c1-4-7-10-13-16-19-22-25-27-30-32-35-38-41-44-47-53(62)69-50-52(71-54(63)48-45-42-39-36-33-29-24-21-18-15-12-9-6-3)51-70-61-59(57(66)56(65)58(73-61)60(67)68)72-55(64)49-46-43-40-37-34-31-28-26-23-20-17-14-11-8-5-2/h8,11-12,15,17,20-21,24-28,34,37,52,56-59,61,65-66H,4-7,9-10,13-14,16,18-19,22-23,29-33,35-36,38-51H2,1-3H3,(H,67,68)/b11-8-,15-12-,20-17-,24-21-,27-25-,28-26-,37-34-. The van der Waals surface area contributed by atoms with Crippen molar-refractivity contribution in [2.24, 2.45) is 0 Å². The van der Waals surface area contributed by atoms with Gasteiger partial charge in [-0.3, -0.25) is 14.4 Å². The predicted molar refractivity (Wildman–Crippen MR) is 294 cm³/mol. The summed E-state index contributed by atoms with van der Waals surface area (Å²) in [6.45, 7) is 5.76. The largest absolute Gasteiger partial charge is 0.479 e. The third-order valence-corrected chi connectivity index (χ3v) is 12.4. The number of hydrogen-bond donors (Lipinski definition) is 3.